The molecule has 1 saturated heterocycles. The monoisotopic (exact) mass is 149 g/mol. The predicted molar refractivity (Wildman–Crippen MR) is 44.3 cm³/mol. The van der Waals surface area contributed by atoms with Gasteiger partial charge in [-0.15, -0.1) is 0 Å². The van der Waals surface area contributed by atoms with Crippen molar-refractivity contribution in [3.63, 3.8) is 0 Å². The second kappa shape index (κ2) is 2.51. The Morgan fingerprint density at radius 2 is 2.27 bits per heavy atom. The van der Waals surface area contributed by atoms with Crippen LogP contribution in [0.25, 0.3) is 0 Å². The van der Waals surface area contributed by atoms with Crippen LogP contribution in [0, 0.1) is 0 Å². The van der Waals surface area contributed by atoms with Crippen molar-refractivity contribution in [1.82, 2.24) is 10.3 Å². The van der Waals surface area contributed by atoms with Crippen molar-refractivity contribution in [3.8, 4) is 0 Å². The predicted octanol–water partition coefficient (Wildman–Crippen LogP) is 0.351. The summed E-state index contributed by atoms with van der Waals surface area (Å²) >= 11 is 0. The van der Waals surface area contributed by atoms with Crippen molar-refractivity contribution in [1.29, 1.82) is 0 Å². The zero-order valence-corrected chi connectivity index (χ0v) is 6.25. The first kappa shape index (κ1) is 6.61. The van der Waals surface area contributed by atoms with Crippen molar-refractivity contribution in [2.24, 2.45) is 0 Å². The Morgan fingerprint density at radius 3 is 2.82 bits per heavy atom. The van der Waals surface area contributed by atoms with E-state index in [1.165, 1.54) is 5.56 Å². The molecular formula is C8H11N3. The molecule has 0 aliphatic carbocycles. The highest BCUT2D eigenvalue weighted by Crippen LogP contribution is 2.19. The molecule has 2 rings (SSSR count). The molecule has 0 radical (unpaired) electrons. The van der Waals surface area contributed by atoms with Crippen molar-refractivity contribution in [2.45, 2.75) is 5.92 Å². The van der Waals surface area contributed by atoms with Gasteiger partial charge in [0.05, 0.1) is 5.69 Å². The van der Waals surface area contributed by atoms with E-state index in [0.717, 1.165) is 18.8 Å². The van der Waals surface area contributed by atoms with Gasteiger partial charge in [0.25, 0.3) is 0 Å². The molecule has 11 heavy (non-hydrogen) atoms. The van der Waals surface area contributed by atoms with Crippen LogP contribution in [-0.2, 0) is 0 Å². The molecule has 0 atom stereocenters. The van der Waals surface area contributed by atoms with Crippen molar-refractivity contribution in [3.05, 3.63) is 24.0 Å². The van der Waals surface area contributed by atoms with E-state index < -0.39 is 0 Å². The molecule has 0 bridgehead atoms. The summed E-state index contributed by atoms with van der Waals surface area (Å²) in [6, 6.07) is 2.00. The van der Waals surface area contributed by atoms with E-state index in [0.29, 0.717) is 5.92 Å². The van der Waals surface area contributed by atoms with Gasteiger partial charge in [-0.25, -0.2) is 0 Å². The smallest absolute Gasteiger partial charge is 0.0503 e. The van der Waals surface area contributed by atoms with Crippen molar-refractivity contribution >= 4 is 5.69 Å². The third kappa shape index (κ3) is 1.19. The summed E-state index contributed by atoms with van der Waals surface area (Å²) in [5, 5.41) is 3.21. The summed E-state index contributed by atoms with van der Waals surface area (Å²) in [6.07, 6.45) is 3.57. The van der Waals surface area contributed by atoms with Gasteiger partial charge in [0, 0.05) is 31.4 Å². The fourth-order valence-corrected chi connectivity index (χ4v) is 1.22. The molecule has 1 aliphatic heterocycles. The van der Waals surface area contributed by atoms with E-state index >= 15 is 0 Å². The van der Waals surface area contributed by atoms with Crippen LogP contribution in [0.3, 0.4) is 0 Å². The number of hydrogen-bond acceptors (Lipinski definition) is 3. The number of hydrogen-bond donors (Lipinski definition) is 2. The number of nitrogen functional groups attached to an aromatic ring is 1. The lowest BCUT2D eigenvalue weighted by Gasteiger charge is -2.27. The van der Waals surface area contributed by atoms with Gasteiger partial charge in [0.1, 0.15) is 0 Å². The molecule has 3 nitrogen and oxygen atoms in total. The zero-order chi connectivity index (χ0) is 7.68. The van der Waals surface area contributed by atoms with Gasteiger partial charge in [0.2, 0.25) is 0 Å². The molecule has 1 aromatic heterocycles. The van der Waals surface area contributed by atoms with Gasteiger partial charge in [-0.3, -0.25) is 4.98 Å². The second-order valence-electron chi connectivity index (χ2n) is 2.91. The molecule has 0 aromatic carbocycles. The minimum absolute atomic E-state index is 0.631. The maximum Gasteiger partial charge on any atom is 0.0503 e. The highest BCUT2D eigenvalue weighted by atomic mass is 14.9. The Balaban J connectivity index is 2.23. The Kier molecular flexibility index (Phi) is 1.51. The van der Waals surface area contributed by atoms with Crippen LogP contribution < -0.4 is 11.1 Å². The molecule has 0 saturated carbocycles. The average molecular weight is 149 g/mol. The minimum atomic E-state index is 0.631. The molecule has 0 unspecified atom stereocenters. The molecule has 0 spiro atoms. The minimum Gasteiger partial charge on any atom is -0.397 e. The van der Waals surface area contributed by atoms with E-state index in [4.69, 9.17) is 5.73 Å². The van der Waals surface area contributed by atoms with Crippen LogP contribution in [0.15, 0.2) is 18.5 Å². The van der Waals surface area contributed by atoms with E-state index in [1.807, 2.05) is 12.3 Å². The number of anilines is 1. The summed E-state index contributed by atoms with van der Waals surface area (Å²) in [7, 11) is 0. The third-order valence-electron chi connectivity index (χ3n) is 2.03. The van der Waals surface area contributed by atoms with Gasteiger partial charge in [0.15, 0.2) is 0 Å². The average Bonchev–Trinajstić information content (AvgIpc) is 1.83. The topological polar surface area (TPSA) is 50.9 Å². The molecule has 1 aromatic rings. The number of nitrogens with one attached hydrogen (secondary N) is 1. The highest BCUT2D eigenvalue weighted by Gasteiger charge is 2.18. The van der Waals surface area contributed by atoms with Crippen LogP contribution in [0.5, 0.6) is 0 Å². The van der Waals surface area contributed by atoms with Crippen LogP contribution in [0.1, 0.15) is 11.5 Å². The van der Waals surface area contributed by atoms with Crippen LogP contribution >= 0.6 is 0 Å². The molecule has 58 valence electrons. The summed E-state index contributed by atoms with van der Waals surface area (Å²) in [5.41, 5.74) is 7.60. The summed E-state index contributed by atoms with van der Waals surface area (Å²) in [4.78, 5) is 4.03. The third-order valence-corrected chi connectivity index (χ3v) is 2.03. The van der Waals surface area contributed by atoms with E-state index in [2.05, 4.69) is 10.3 Å². The van der Waals surface area contributed by atoms with Crippen LogP contribution in [0.2, 0.25) is 0 Å². The van der Waals surface area contributed by atoms with E-state index in [9.17, 15) is 0 Å². The fourth-order valence-electron chi connectivity index (χ4n) is 1.22. The standard InChI is InChI=1S/C8H11N3/c9-8-1-6(2-11-5-8)7-3-10-4-7/h1-2,5,7,10H,3-4,9H2. The zero-order valence-electron chi connectivity index (χ0n) is 6.25. The van der Waals surface area contributed by atoms with Gasteiger partial charge >= 0.3 is 0 Å². The Morgan fingerprint density at radius 1 is 1.45 bits per heavy atom. The molecule has 3 heteroatoms. The first-order chi connectivity index (χ1) is 5.36. The summed E-state index contributed by atoms with van der Waals surface area (Å²) in [6.45, 7) is 2.12. The van der Waals surface area contributed by atoms with Crippen molar-refractivity contribution < 1.29 is 0 Å². The number of pyridine rings is 1. The van der Waals surface area contributed by atoms with E-state index in [-0.39, 0.29) is 0 Å². The van der Waals surface area contributed by atoms with E-state index in [1.54, 1.807) is 6.20 Å². The van der Waals surface area contributed by atoms with Gasteiger partial charge in [-0.2, -0.15) is 0 Å². The Labute approximate surface area is 65.6 Å². The van der Waals surface area contributed by atoms with Crippen LogP contribution in [0.4, 0.5) is 5.69 Å². The fraction of sp³-hybridized carbons (Fsp3) is 0.375. The SMILES string of the molecule is Nc1cncc(C2CNC2)c1. The number of nitrogens with zero attached hydrogens (tertiary/aromatic N) is 1. The number of aromatic nitrogens is 1. The lowest BCUT2D eigenvalue weighted by atomic mass is 9.95. The lowest BCUT2D eigenvalue weighted by molar-refractivity contribution is 0.447. The number of nitrogens with two attached hydrogens (primary N) is 1. The van der Waals surface area contributed by atoms with Gasteiger partial charge in [-0.1, -0.05) is 0 Å². The molecule has 2 heterocycles. The molecule has 1 fully saturated rings. The largest absolute Gasteiger partial charge is 0.397 e. The molecule has 3 N–H and O–H groups in total. The Hall–Kier alpha value is -1.09. The molecule has 1 aliphatic rings. The quantitative estimate of drug-likeness (QED) is 0.605. The maximum absolute atomic E-state index is 5.59. The lowest BCUT2D eigenvalue weighted by Crippen LogP contribution is -2.39. The summed E-state index contributed by atoms with van der Waals surface area (Å²) in [5.74, 6) is 0.631. The van der Waals surface area contributed by atoms with Crippen LogP contribution in [-0.4, -0.2) is 18.1 Å². The normalized spacial score (nSPS) is 17.8. The van der Waals surface area contributed by atoms with Gasteiger partial charge < -0.3 is 11.1 Å². The second-order valence-corrected chi connectivity index (χ2v) is 2.91. The molecule has 0 amide bonds. The highest BCUT2D eigenvalue weighted by molar-refractivity contribution is 5.39. The first-order valence-electron chi connectivity index (χ1n) is 3.77. The number of rotatable bonds is 1. The van der Waals surface area contributed by atoms with Gasteiger partial charge in [-0.05, 0) is 11.6 Å². The summed E-state index contributed by atoms with van der Waals surface area (Å²) < 4.78 is 0. The Bertz CT molecular complexity index is 255. The molecular weight excluding hydrogens is 138 g/mol. The maximum atomic E-state index is 5.59. The van der Waals surface area contributed by atoms with Crippen molar-refractivity contribution in [2.75, 3.05) is 18.8 Å². The first-order valence-corrected chi connectivity index (χ1v) is 3.77.